The number of nitrogens with one attached hydrogen (secondary N) is 1. The minimum atomic E-state index is -0.247. The third kappa shape index (κ3) is 3.61. The lowest BCUT2D eigenvalue weighted by Crippen LogP contribution is -2.44. The highest BCUT2D eigenvalue weighted by atomic mass is 16.5. The Hall–Kier alpha value is -2.53. The van der Waals surface area contributed by atoms with Crippen LogP contribution in [0.3, 0.4) is 0 Å². The van der Waals surface area contributed by atoms with E-state index in [-0.39, 0.29) is 11.9 Å². The number of nitrogens with zero attached hydrogens (tertiary/aromatic N) is 1. The summed E-state index contributed by atoms with van der Waals surface area (Å²) < 4.78 is 10.7. The Bertz CT molecular complexity index is 738. The van der Waals surface area contributed by atoms with Gasteiger partial charge in [0.1, 0.15) is 17.2 Å². The lowest BCUT2D eigenvalue weighted by molar-refractivity contribution is -0.121. The van der Waals surface area contributed by atoms with Gasteiger partial charge in [-0.15, -0.1) is 0 Å². The van der Waals surface area contributed by atoms with E-state index in [2.05, 4.69) is 28.4 Å². The van der Waals surface area contributed by atoms with Crippen molar-refractivity contribution in [3.05, 3.63) is 53.6 Å². The lowest BCUT2D eigenvalue weighted by Gasteiger charge is -2.33. The quantitative estimate of drug-likeness (QED) is 0.909. The molecule has 1 aliphatic heterocycles. The molecule has 3 rings (SSSR count). The minimum Gasteiger partial charge on any atom is -0.494 e. The third-order valence-electron chi connectivity index (χ3n) is 4.76. The number of fused-ring (bicyclic) bond motifs is 1. The number of rotatable bonds is 5. The van der Waals surface area contributed by atoms with Crippen LogP contribution in [0.5, 0.6) is 11.5 Å². The molecule has 0 aromatic heterocycles. The fraction of sp³-hybridized carbons (Fsp3) is 0.350. The van der Waals surface area contributed by atoms with Crippen LogP contribution < -0.4 is 14.8 Å². The van der Waals surface area contributed by atoms with Gasteiger partial charge in [0.05, 0.1) is 20.3 Å². The Kier molecular flexibility index (Phi) is 5.24. The van der Waals surface area contributed by atoms with Gasteiger partial charge in [0, 0.05) is 13.1 Å². The predicted molar refractivity (Wildman–Crippen MR) is 98.2 cm³/mol. The fourth-order valence-electron chi connectivity index (χ4n) is 3.22. The number of methoxy groups -OCH3 is 2. The molecule has 0 radical (unpaired) electrons. The number of para-hydroxylation sites is 1. The molecule has 5 nitrogen and oxygen atoms in total. The van der Waals surface area contributed by atoms with Crippen molar-refractivity contribution in [1.29, 1.82) is 0 Å². The van der Waals surface area contributed by atoms with Crippen LogP contribution >= 0.6 is 0 Å². The summed E-state index contributed by atoms with van der Waals surface area (Å²) >= 11 is 0. The summed E-state index contributed by atoms with van der Waals surface area (Å²) in [6, 6.07) is 13.6. The van der Waals surface area contributed by atoms with Crippen LogP contribution in [0.4, 0.5) is 5.69 Å². The topological polar surface area (TPSA) is 50.8 Å². The van der Waals surface area contributed by atoms with Crippen molar-refractivity contribution in [3.63, 3.8) is 0 Å². The maximum atomic E-state index is 12.8. The molecule has 0 bridgehead atoms. The third-order valence-corrected chi connectivity index (χ3v) is 4.76. The molecule has 0 aliphatic carbocycles. The van der Waals surface area contributed by atoms with Crippen molar-refractivity contribution in [3.8, 4) is 11.5 Å². The number of amides is 1. The van der Waals surface area contributed by atoms with E-state index in [1.54, 1.807) is 26.4 Å². The van der Waals surface area contributed by atoms with E-state index in [1.807, 2.05) is 19.1 Å². The van der Waals surface area contributed by atoms with Crippen molar-refractivity contribution in [1.82, 2.24) is 4.90 Å². The summed E-state index contributed by atoms with van der Waals surface area (Å²) in [6.45, 7) is 3.59. The SMILES string of the molecule is COc1cccc(OC)c1NC(=O)[C@@H](C)N1CCc2ccccc2C1. The largest absolute Gasteiger partial charge is 0.494 e. The van der Waals surface area contributed by atoms with Gasteiger partial charge in [0.2, 0.25) is 5.91 Å². The average molecular weight is 340 g/mol. The molecule has 2 aromatic rings. The number of carbonyl (C=O) groups is 1. The number of carbonyl (C=O) groups excluding carboxylic acids is 1. The van der Waals surface area contributed by atoms with Crippen LogP contribution in [0, 0.1) is 0 Å². The summed E-state index contributed by atoms with van der Waals surface area (Å²) in [5, 5.41) is 2.97. The van der Waals surface area contributed by atoms with Crippen LogP contribution in [-0.2, 0) is 17.8 Å². The Morgan fingerprint density at radius 1 is 1.04 bits per heavy atom. The number of hydrogen-bond acceptors (Lipinski definition) is 4. The van der Waals surface area contributed by atoms with E-state index in [4.69, 9.17) is 9.47 Å². The average Bonchev–Trinajstić information content (AvgIpc) is 2.67. The second-order valence-corrected chi connectivity index (χ2v) is 6.19. The Morgan fingerprint density at radius 2 is 1.68 bits per heavy atom. The molecule has 0 fully saturated rings. The van der Waals surface area contributed by atoms with E-state index < -0.39 is 0 Å². The fourth-order valence-corrected chi connectivity index (χ4v) is 3.22. The molecule has 1 aliphatic rings. The zero-order valence-electron chi connectivity index (χ0n) is 14.9. The number of anilines is 1. The normalized spacial score (nSPS) is 15.2. The second kappa shape index (κ2) is 7.57. The van der Waals surface area contributed by atoms with Gasteiger partial charge in [-0.1, -0.05) is 30.3 Å². The molecule has 0 spiro atoms. The maximum absolute atomic E-state index is 12.8. The molecule has 2 aromatic carbocycles. The molecular weight excluding hydrogens is 316 g/mol. The summed E-state index contributed by atoms with van der Waals surface area (Å²) in [5.74, 6) is 1.11. The van der Waals surface area contributed by atoms with E-state index in [1.165, 1.54) is 11.1 Å². The van der Waals surface area contributed by atoms with E-state index >= 15 is 0 Å². The molecule has 1 N–H and O–H groups in total. The van der Waals surface area contributed by atoms with Crippen LogP contribution in [0.1, 0.15) is 18.1 Å². The summed E-state index contributed by atoms with van der Waals surface area (Å²) in [7, 11) is 3.16. The monoisotopic (exact) mass is 340 g/mol. The molecule has 132 valence electrons. The molecule has 1 heterocycles. The van der Waals surface area contributed by atoms with Gasteiger partial charge in [0.15, 0.2) is 0 Å². The van der Waals surface area contributed by atoms with E-state index in [0.717, 1.165) is 19.5 Å². The first-order valence-corrected chi connectivity index (χ1v) is 8.46. The van der Waals surface area contributed by atoms with Gasteiger partial charge in [-0.05, 0) is 36.6 Å². The molecule has 0 unspecified atom stereocenters. The molecule has 25 heavy (non-hydrogen) atoms. The van der Waals surface area contributed by atoms with Crippen molar-refractivity contribution >= 4 is 11.6 Å². The highest BCUT2D eigenvalue weighted by Gasteiger charge is 2.26. The smallest absolute Gasteiger partial charge is 0.241 e. The Morgan fingerprint density at radius 3 is 2.32 bits per heavy atom. The van der Waals surface area contributed by atoms with Gasteiger partial charge in [0.25, 0.3) is 0 Å². The first kappa shape index (κ1) is 17.3. The lowest BCUT2D eigenvalue weighted by atomic mass is 9.99. The standard InChI is InChI=1S/C20H24N2O3/c1-14(22-12-11-15-7-4-5-8-16(15)13-22)20(23)21-19-17(24-2)9-6-10-18(19)25-3/h4-10,14H,11-13H2,1-3H3,(H,21,23)/t14-/m1/s1. The zero-order valence-corrected chi connectivity index (χ0v) is 14.9. The van der Waals surface area contributed by atoms with Gasteiger partial charge >= 0.3 is 0 Å². The molecule has 1 atom stereocenters. The first-order valence-electron chi connectivity index (χ1n) is 8.46. The van der Waals surface area contributed by atoms with E-state index in [0.29, 0.717) is 17.2 Å². The first-order chi connectivity index (χ1) is 12.1. The van der Waals surface area contributed by atoms with Crippen molar-refractivity contribution in [2.45, 2.75) is 25.9 Å². The summed E-state index contributed by atoms with van der Waals surface area (Å²) in [4.78, 5) is 15.0. The molecule has 1 amide bonds. The minimum absolute atomic E-state index is 0.0674. The van der Waals surface area contributed by atoms with Gasteiger partial charge in [-0.2, -0.15) is 0 Å². The van der Waals surface area contributed by atoms with Gasteiger partial charge in [-0.25, -0.2) is 0 Å². The van der Waals surface area contributed by atoms with Crippen molar-refractivity contribution in [2.75, 3.05) is 26.1 Å². The Labute approximate surface area is 148 Å². The van der Waals surface area contributed by atoms with Crippen LogP contribution in [0.2, 0.25) is 0 Å². The van der Waals surface area contributed by atoms with Crippen LogP contribution in [0.25, 0.3) is 0 Å². The Balaban J connectivity index is 1.74. The highest BCUT2D eigenvalue weighted by molar-refractivity contribution is 5.97. The molecule has 0 saturated heterocycles. The highest BCUT2D eigenvalue weighted by Crippen LogP contribution is 2.34. The molecule has 5 heteroatoms. The van der Waals surface area contributed by atoms with Crippen LogP contribution in [-0.4, -0.2) is 37.6 Å². The maximum Gasteiger partial charge on any atom is 0.241 e. The number of benzene rings is 2. The zero-order chi connectivity index (χ0) is 17.8. The van der Waals surface area contributed by atoms with Gasteiger partial charge < -0.3 is 14.8 Å². The summed E-state index contributed by atoms with van der Waals surface area (Å²) in [5.41, 5.74) is 3.24. The van der Waals surface area contributed by atoms with Gasteiger partial charge in [-0.3, -0.25) is 9.69 Å². The summed E-state index contributed by atoms with van der Waals surface area (Å²) in [6.07, 6.45) is 0.964. The number of hydrogen-bond donors (Lipinski definition) is 1. The van der Waals surface area contributed by atoms with E-state index in [9.17, 15) is 4.79 Å². The van der Waals surface area contributed by atoms with Crippen molar-refractivity contribution in [2.24, 2.45) is 0 Å². The molecule has 0 saturated carbocycles. The second-order valence-electron chi connectivity index (χ2n) is 6.19. The molecular formula is C20H24N2O3. The number of ether oxygens (including phenoxy) is 2. The van der Waals surface area contributed by atoms with Crippen molar-refractivity contribution < 1.29 is 14.3 Å². The predicted octanol–water partition coefficient (Wildman–Crippen LogP) is 3.09. The van der Waals surface area contributed by atoms with Crippen LogP contribution in [0.15, 0.2) is 42.5 Å².